The summed E-state index contributed by atoms with van der Waals surface area (Å²) in [6.45, 7) is 8.75. The molecule has 3 rings (SSSR count). The molecule has 1 N–H and O–H groups in total. The van der Waals surface area contributed by atoms with Crippen LogP contribution in [0.15, 0.2) is 42.6 Å². The van der Waals surface area contributed by atoms with Gasteiger partial charge < -0.3 is 14.7 Å². The molecule has 1 aliphatic rings. The van der Waals surface area contributed by atoms with Crippen molar-refractivity contribution >= 4 is 5.82 Å². The van der Waals surface area contributed by atoms with E-state index < -0.39 is 6.10 Å². The fourth-order valence-corrected chi connectivity index (χ4v) is 3.10. The summed E-state index contributed by atoms with van der Waals surface area (Å²) in [5.74, 6) is 1.89. The second-order valence-corrected chi connectivity index (χ2v) is 6.71. The molecule has 2 aromatic rings. The van der Waals surface area contributed by atoms with E-state index in [-0.39, 0.29) is 0 Å². The van der Waals surface area contributed by atoms with Crippen LogP contribution in [0, 0.1) is 13.8 Å². The number of ether oxygens (including phenoxy) is 1. The van der Waals surface area contributed by atoms with E-state index in [2.05, 4.69) is 20.9 Å². The number of rotatable bonds is 6. The maximum absolute atomic E-state index is 10.3. The van der Waals surface area contributed by atoms with Crippen molar-refractivity contribution in [1.82, 2.24) is 9.88 Å². The molecule has 0 radical (unpaired) electrons. The van der Waals surface area contributed by atoms with Gasteiger partial charge in [0.2, 0.25) is 0 Å². The Labute approximate surface area is 149 Å². The third-order valence-corrected chi connectivity index (χ3v) is 4.59. The number of benzene rings is 1. The van der Waals surface area contributed by atoms with Gasteiger partial charge in [-0.2, -0.15) is 0 Å². The number of hydrogen-bond donors (Lipinski definition) is 1. The van der Waals surface area contributed by atoms with Crippen LogP contribution < -0.4 is 9.64 Å². The lowest BCUT2D eigenvalue weighted by molar-refractivity contribution is 0.0660. The number of aryl methyl sites for hydroxylation is 2. The molecule has 1 saturated heterocycles. The van der Waals surface area contributed by atoms with Gasteiger partial charge in [-0.3, -0.25) is 4.90 Å². The van der Waals surface area contributed by atoms with Crippen molar-refractivity contribution in [1.29, 1.82) is 0 Å². The molecule has 1 atom stereocenters. The quantitative estimate of drug-likeness (QED) is 0.873. The second kappa shape index (κ2) is 8.32. The van der Waals surface area contributed by atoms with Gasteiger partial charge in [-0.1, -0.05) is 18.2 Å². The number of aliphatic hydroxyl groups is 1. The van der Waals surface area contributed by atoms with Gasteiger partial charge in [0.05, 0.1) is 0 Å². The molecule has 1 fully saturated rings. The number of nitrogens with zero attached hydrogens (tertiary/aromatic N) is 3. The number of aromatic nitrogens is 1. The van der Waals surface area contributed by atoms with Gasteiger partial charge in [0.15, 0.2) is 0 Å². The van der Waals surface area contributed by atoms with Gasteiger partial charge in [-0.25, -0.2) is 4.98 Å². The first kappa shape index (κ1) is 17.7. The number of β-amino-alcohol motifs (C(OH)–C–C–N with tert-alkyl or cyclic N) is 1. The fraction of sp³-hybridized carbons (Fsp3) is 0.450. The van der Waals surface area contributed by atoms with Crippen LogP contribution in [-0.4, -0.2) is 60.4 Å². The Morgan fingerprint density at radius 1 is 1.12 bits per heavy atom. The second-order valence-electron chi connectivity index (χ2n) is 6.71. The van der Waals surface area contributed by atoms with Gasteiger partial charge in [0.25, 0.3) is 0 Å². The van der Waals surface area contributed by atoms with Crippen molar-refractivity contribution in [2.45, 2.75) is 20.0 Å². The predicted octanol–water partition coefficient (Wildman–Crippen LogP) is 2.26. The van der Waals surface area contributed by atoms with Crippen molar-refractivity contribution in [2.75, 3.05) is 44.2 Å². The minimum atomic E-state index is -0.485. The standard InChI is InChI=1S/C20H27N3O2/c1-16-6-7-17(2)19(13-16)25-15-18(24)14-22-9-11-23(12-10-22)20-5-3-4-8-21-20/h3-8,13,18,24H,9-12,14-15H2,1-2H3. The number of piperazine rings is 1. The molecule has 0 saturated carbocycles. The number of aliphatic hydroxyl groups excluding tert-OH is 1. The zero-order chi connectivity index (χ0) is 17.6. The molecular weight excluding hydrogens is 314 g/mol. The number of pyridine rings is 1. The third kappa shape index (κ3) is 4.94. The summed E-state index contributed by atoms with van der Waals surface area (Å²) >= 11 is 0. The van der Waals surface area contributed by atoms with Gasteiger partial charge in [0.1, 0.15) is 24.3 Å². The topological polar surface area (TPSA) is 48.8 Å². The molecule has 0 spiro atoms. The first-order valence-electron chi connectivity index (χ1n) is 8.88. The van der Waals surface area contributed by atoms with Crippen molar-refractivity contribution < 1.29 is 9.84 Å². The van der Waals surface area contributed by atoms with Gasteiger partial charge in [0, 0.05) is 38.9 Å². The van der Waals surface area contributed by atoms with E-state index in [1.165, 1.54) is 5.56 Å². The molecule has 2 heterocycles. The highest BCUT2D eigenvalue weighted by Crippen LogP contribution is 2.19. The molecule has 1 unspecified atom stereocenters. The summed E-state index contributed by atoms with van der Waals surface area (Å²) < 4.78 is 5.81. The Kier molecular flexibility index (Phi) is 5.89. The van der Waals surface area contributed by atoms with Crippen LogP contribution in [-0.2, 0) is 0 Å². The van der Waals surface area contributed by atoms with Crippen LogP contribution >= 0.6 is 0 Å². The average molecular weight is 341 g/mol. The monoisotopic (exact) mass is 341 g/mol. The third-order valence-electron chi connectivity index (χ3n) is 4.59. The summed E-state index contributed by atoms with van der Waals surface area (Å²) in [7, 11) is 0. The van der Waals surface area contributed by atoms with Crippen LogP contribution in [0.4, 0.5) is 5.82 Å². The van der Waals surface area contributed by atoms with E-state index in [0.717, 1.165) is 43.3 Å². The molecule has 5 heteroatoms. The Hall–Kier alpha value is -2.11. The zero-order valence-electron chi connectivity index (χ0n) is 15.1. The van der Waals surface area contributed by atoms with Gasteiger partial charge >= 0.3 is 0 Å². The van der Waals surface area contributed by atoms with E-state index in [0.29, 0.717) is 13.2 Å². The van der Waals surface area contributed by atoms with Crippen LogP contribution in [0.5, 0.6) is 5.75 Å². The van der Waals surface area contributed by atoms with Crippen LogP contribution in [0.25, 0.3) is 0 Å². The van der Waals surface area contributed by atoms with Crippen molar-refractivity contribution in [3.63, 3.8) is 0 Å². The van der Waals surface area contributed by atoms with Crippen molar-refractivity contribution in [2.24, 2.45) is 0 Å². The molecule has 134 valence electrons. The lowest BCUT2D eigenvalue weighted by Gasteiger charge is -2.36. The summed E-state index contributed by atoms with van der Waals surface area (Å²) in [5.41, 5.74) is 2.27. The fourth-order valence-electron chi connectivity index (χ4n) is 3.10. The average Bonchev–Trinajstić information content (AvgIpc) is 2.64. The van der Waals surface area contributed by atoms with E-state index in [9.17, 15) is 5.11 Å². The van der Waals surface area contributed by atoms with Crippen LogP contribution in [0.1, 0.15) is 11.1 Å². The highest BCUT2D eigenvalue weighted by Gasteiger charge is 2.20. The summed E-state index contributed by atoms with van der Waals surface area (Å²) in [6, 6.07) is 12.1. The minimum absolute atomic E-state index is 0.324. The zero-order valence-corrected chi connectivity index (χ0v) is 15.1. The van der Waals surface area contributed by atoms with Crippen molar-refractivity contribution in [3.8, 4) is 5.75 Å². The Bertz CT molecular complexity index is 670. The maximum Gasteiger partial charge on any atom is 0.128 e. The molecule has 0 bridgehead atoms. The van der Waals surface area contributed by atoms with Crippen LogP contribution in [0.3, 0.4) is 0 Å². The van der Waals surface area contributed by atoms with Gasteiger partial charge in [-0.15, -0.1) is 0 Å². The van der Waals surface area contributed by atoms with Crippen molar-refractivity contribution in [3.05, 3.63) is 53.7 Å². The van der Waals surface area contributed by atoms with E-state index in [1.54, 1.807) is 0 Å². The Morgan fingerprint density at radius 3 is 2.64 bits per heavy atom. The van der Waals surface area contributed by atoms with Gasteiger partial charge in [-0.05, 0) is 43.2 Å². The molecule has 1 aliphatic heterocycles. The molecule has 25 heavy (non-hydrogen) atoms. The molecule has 1 aromatic carbocycles. The lowest BCUT2D eigenvalue weighted by atomic mass is 10.1. The maximum atomic E-state index is 10.3. The molecule has 5 nitrogen and oxygen atoms in total. The largest absolute Gasteiger partial charge is 0.491 e. The number of hydrogen-bond acceptors (Lipinski definition) is 5. The number of anilines is 1. The van der Waals surface area contributed by atoms with Crippen LogP contribution in [0.2, 0.25) is 0 Å². The highest BCUT2D eigenvalue weighted by molar-refractivity contribution is 5.38. The molecule has 0 aliphatic carbocycles. The van der Waals surface area contributed by atoms with E-state index in [1.807, 2.05) is 50.4 Å². The summed E-state index contributed by atoms with van der Waals surface area (Å²) in [5, 5.41) is 10.3. The Balaban J connectivity index is 1.43. The normalized spacial score (nSPS) is 16.7. The molecule has 0 amide bonds. The predicted molar refractivity (Wildman–Crippen MR) is 100 cm³/mol. The smallest absolute Gasteiger partial charge is 0.128 e. The SMILES string of the molecule is Cc1ccc(C)c(OCC(O)CN2CCN(c3ccccn3)CC2)c1. The minimum Gasteiger partial charge on any atom is -0.491 e. The van der Waals surface area contributed by atoms with E-state index >= 15 is 0 Å². The lowest BCUT2D eigenvalue weighted by Crippen LogP contribution is -2.49. The first-order chi connectivity index (χ1) is 12.1. The summed E-state index contributed by atoms with van der Waals surface area (Å²) in [6.07, 6.45) is 1.34. The first-order valence-corrected chi connectivity index (χ1v) is 8.88. The molecular formula is C20H27N3O2. The Morgan fingerprint density at radius 2 is 1.92 bits per heavy atom. The summed E-state index contributed by atoms with van der Waals surface area (Å²) in [4.78, 5) is 8.98. The molecule has 1 aromatic heterocycles. The highest BCUT2D eigenvalue weighted by atomic mass is 16.5. The van der Waals surface area contributed by atoms with E-state index in [4.69, 9.17) is 4.74 Å².